The Bertz CT molecular complexity index is 608. The Morgan fingerprint density at radius 2 is 2.12 bits per heavy atom. The van der Waals surface area contributed by atoms with Gasteiger partial charge in [0.15, 0.2) is 0 Å². The first-order valence-electron chi connectivity index (χ1n) is 4.93. The van der Waals surface area contributed by atoms with Crippen LogP contribution in [0.25, 0.3) is 0 Å². The molecule has 2 aromatic rings. The van der Waals surface area contributed by atoms with Crippen LogP contribution in [0.2, 0.25) is 0 Å². The molecule has 17 heavy (non-hydrogen) atoms. The van der Waals surface area contributed by atoms with Gasteiger partial charge in [-0.25, -0.2) is 9.78 Å². The second-order valence-electron chi connectivity index (χ2n) is 3.41. The molecule has 2 N–H and O–H groups in total. The van der Waals surface area contributed by atoms with E-state index in [4.69, 9.17) is 18.0 Å². The highest BCUT2D eigenvalue weighted by molar-refractivity contribution is 7.80. The number of aromatic nitrogens is 3. The zero-order valence-electron chi connectivity index (χ0n) is 8.91. The van der Waals surface area contributed by atoms with Crippen LogP contribution in [0.15, 0.2) is 41.6 Å². The third kappa shape index (κ3) is 2.54. The third-order valence-corrected chi connectivity index (χ3v) is 2.44. The van der Waals surface area contributed by atoms with E-state index in [1.165, 1.54) is 10.8 Å². The molecule has 0 aliphatic heterocycles. The quantitative estimate of drug-likeness (QED) is 0.790. The van der Waals surface area contributed by atoms with Crippen molar-refractivity contribution >= 4 is 17.2 Å². The number of nitrogens with two attached hydrogens (primary N) is 1. The number of thiocarbonyl (C=S) groups is 1. The minimum atomic E-state index is -0.315. The topological polar surface area (TPSA) is 73.8 Å². The van der Waals surface area contributed by atoms with E-state index in [0.717, 1.165) is 5.56 Å². The van der Waals surface area contributed by atoms with Crippen molar-refractivity contribution in [3.63, 3.8) is 0 Å². The normalized spacial score (nSPS) is 10.1. The highest BCUT2D eigenvalue weighted by atomic mass is 32.1. The van der Waals surface area contributed by atoms with Gasteiger partial charge in [0.25, 0.3) is 0 Å². The summed E-state index contributed by atoms with van der Waals surface area (Å²) in [7, 11) is 0. The maximum Gasteiger partial charge on any atom is 0.347 e. The first kappa shape index (κ1) is 11.4. The Hall–Kier alpha value is -2.08. The number of rotatable bonds is 3. The van der Waals surface area contributed by atoms with Crippen molar-refractivity contribution in [3.8, 4) is 0 Å². The van der Waals surface area contributed by atoms with Gasteiger partial charge in [0.05, 0.1) is 6.54 Å². The molecule has 0 amide bonds. The molecule has 2 aromatic heterocycles. The van der Waals surface area contributed by atoms with Gasteiger partial charge in [-0.05, 0) is 12.1 Å². The average molecular weight is 246 g/mol. The van der Waals surface area contributed by atoms with Crippen LogP contribution in [0.4, 0.5) is 0 Å². The van der Waals surface area contributed by atoms with E-state index in [9.17, 15) is 4.79 Å². The Kier molecular flexibility index (Phi) is 3.24. The summed E-state index contributed by atoms with van der Waals surface area (Å²) in [4.78, 5) is 19.5. The van der Waals surface area contributed by atoms with E-state index in [0.29, 0.717) is 12.2 Å². The summed E-state index contributed by atoms with van der Waals surface area (Å²) >= 11 is 4.91. The molecule has 2 rings (SSSR count). The van der Waals surface area contributed by atoms with Crippen LogP contribution in [0.1, 0.15) is 11.3 Å². The Morgan fingerprint density at radius 3 is 2.82 bits per heavy atom. The second kappa shape index (κ2) is 4.84. The number of hydrogen-bond acceptors (Lipinski definition) is 4. The molecule has 0 saturated carbocycles. The van der Waals surface area contributed by atoms with E-state index in [-0.39, 0.29) is 10.7 Å². The van der Waals surface area contributed by atoms with Crippen LogP contribution in [-0.2, 0) is 6.54 Å². The summed E-state index contributed by atoms with van der Waals surface area (Å²) < 4.78 is 1.47. The van der Waals surface area contributed by atoms with Crippen LogP contribution in [0.5, 0.6) is 0 Å². The lowest BCUT2D eigenvalue weighted by Crippen LogP contribution is -2.24. The maximum atomic E-state index is 11.5. The van der Waals surface area contributed by atoms with Gasteiger partial charge in [0.1, 0.15) is 10.7 Å². The molecule has 6 heteroatoms. The number of nitrogens with zero attached hydrogens (tertiary/aromatic N) is 3. The lowest BCUT2D eigenvalue weighted by Gasteiger charge is -2.08. The first-order valence-corrected chi connectivity index (χ1v) is 5.34. The van der Waals surface area contributed by atoms with Crippen molar-refractivity contribution in [1.29, 1.82) is 0 Å². The SMILES string of the molecule is NC(=S)c1ncccc1Cn1cccnc1=O. The molecule has 0 bridgehead atoms. The minimum absolute atomic E-state index is 0.220. The summed E-state index contributed by atoms with van der Waals surface area (Å²) in [5.41, 5.74) is 6.60. The van der Waals surface area contributed by atoms with Crippen LogP contribution >= 0.6 is 12.2 Å². The van der Waals surface area contributed by atoms with E-state index >= 15 is 0 Å². The average Bonchev–Trinajstić information content (AvgIpc) is 2.32. The van der Waals surface area contributed by atoms with Crippen LogP contribution < -0.4 is 11.4 Å². The largest absolute Gasteiger partial charge is 0.388 e. The summed E-state index contributed by atoms with van der Waals surface area (Å²) in [5.74, 6) is 0. The predicted molar refractivity (Wildman–Crippen MR) is 67.7 cm³/mol. The summed E-state index contributed by atoms with van der Waals surface area (Å²) in [6.07, 6.45) is 4.73. The number of hydrogen-bond donors (Lipinski definition) is 1. The summed E-state index contributed by atoms with van der Waals surface area (Å²) in [6, 6.07) is 5.30. The zero-order chi connectivity index (χ0) is 12.3. The molecule has 0 fully saturated rings. The molecule has 5 nitrogen and oxygen atoms in total. The summed E-state index contributed by atoms with van der Waals surface area (Å²) in [5, 5.41) is 0. The molecule has 0 aliphatic rings. The molecule has 0 aliphatic carbocycles. The molecule has 0 saturated heterocycles. The van der Waals surface area contributed by atoms with Crippen LogP contribution in [0, 0.1) is 0 Å². The van der Waals surface area contributed by atoms with Gasteiger partial charge in [0, 0.05) is 24.2 Å². The minimum Gasteiger partial charge on any atom is -0.388 e. The number of pyridine rings is 1. The van der Waals surface area contributed by atoms with Gasteiger partial charge in [-0.1, -0.05) is 18.3 Å². The van der Waals surface area contributed by atoms with Crippen LogP contribution in [-0.4, -0.2) is 19.5 Å². The monoisotopic (exact) mass is 246 g/mol. The smallest absolute Gasteiger partial charge is 0.347 e. The van der Waals surface area contributed by atoms with Crippen molar-refractivity contribution < 1.29 is 0 Å². The molecule has 0 aromatic carbocycles. The zero-order valence-corrected chi connectivity index (χ0v) is 9.72. The van der Waals surface area contributed by atoms with Gasteiger partial charge < -0.3 is 5.73 Å². The molecule has 86 valence electrons. The molecule has 0 atom stereocenters. The van der Waals surface area contributed by atoms with Crippen LogP contribution in [0.3, 0.4) is 0 Å². The molecule has 0 spiro atoms. The lowest BCUT2D eigenvalue weighted by molar-refractivity contribution is 0.723. The molecule has 0 unspecified atom stereocenters. The van der Waals surface area contributed by atoms with Gasteiger partial charge in [0.2, 0.25) is 0 Å². The lowest BCUT2D eigenvalue weighted by atomic mass is 10.2. The highest BCUT2D eigenvalue weighted by Gasteiger charge is 2.07. The maximum absolute atomic E-state index is 11.5. The molecule has 0 radical (unpaired) electrons. The standard InChI is InChI=1S/C11H10N4OS/c12-10(17)9-8(3-1-4-13-9)7-15-6-2-5-14-11(15)16/h1-6H,7H2,(H2,12,17). The van der Waals surface area contributed by atoms with Gasteiger partial charge in [-0.3, -0.25) is 9.55 Å². The first-order chi connectivity index (χ1) is 8.18. The fourth-order valence-corrected chi connectivity index (χ4v) is 1.66. The van der Waals surface area contributed by atoms with Crippen molar-refractivity contribution in [1.82, 2.24) is 14.5 Å². The Morgan fingerprint density at radius 1 is 1.35 bits per heavy atom. The van der Waals surface area contributed by atoms with Gasteiger partial charge in [-0.2, -0.15) is 0 Å². The second-order valence-corrected chi connectivity index (χ2v) is 3.85. The van der Waals surface area contributed by atoms with E-state index in [1.54, 1.807) is 24.5 Å². The fourth-order valence-electron chi connectivity index (χ4n) is 1.48. The van der Waals surface area contributed by atoms with Crippen molar-refractivity contribution in [3.05, 3.63) is 58.5 Å². The third-order valence-electron chi connectivity index (χ3n) is 2.25. The van der Waals surface area contributed by atoms with E-state index in [1.807, 2.05) is 6.07 Å². The molecular formula is C11H10N4OS. The predicted octanol–water partition coefficient (Wildman–Crippen LogP) is 0.321. The Labute approximate surface area is 103 Å². The molecular weight excluding hydrogens is 236 g/mol. The van der Waals surface area contributed by atoms with Gasteiger partial charge >= 0.3 is 5.69 Å². The van der Waals surface area contributed by atoms with E-state index < -0.39 is 0 Å². The highest BCUT2D eigenvalue weighted by Crippen LogP contribution is 2.06. The molecule has 2 heterocycles. The van der Waals surface area contributed by atoms with Gasteiger partial charge in [-0.15, -0.1) is 0 Å². The Balaban J connectivity index is 2.40. The summed E-state index contributed by atoms with van der Waals surface area (Å²) in [6.45, 7) is 0.354. The van der Waals surface area contributed by atoms with Crippen molar-refractivity contribution in [2.24, 2.45) is 5.73 Å². The van der Waals surface area contributed by atoms with E-state index in [2.05, 4.69) is 9.97 Å². The van der Waals surface area contributed by atoms with Crippen molar-refractivity contribution in [2.45, 2.75) is 6.54 Å². The fraction of sp³-hybridized carbons (Fsp3) is 0.0909. The van der Waals surface area contributed by atoms with Crippen molar-refractivity contribution in [2.75, 3.05) is 0 Å².